The number of methoxy groups -OCH3 is 1. The number of nitrogens with zero attached hydrogens (tertiary/aromatic N) is 1. The minimum Gasteiger partial charge on any atom is -0.496 e. The Morgan fingerprint density at radius 1 is 1.10 bits per heavy atom. The van der Waals surface area contributed by atoms with Gasteiger partial charge in [0.15, 0.2) is 0 Å². The van der Waals surface area contributed by atoms with Crippen LogP contribution in [0.25, 0.3) is 0 Å². The summed E-state index contributed by atoms with van der Waals surface area (Å²) in [6.45, 7) is 3.60. The Bertz CT molecular complexity index is 472. The Morgan fingerprint density at radius 2 is 1.81 bits per heavy atom. The summed E-state index contributed by atoms with van der Waals surface area (Å²) in [4.78, 5) is 2.62. The van der Waals surface area contributed by atoms with Gasteiger partial charge in [-0.1, -0.05) is 25.3 Å². The highest BCUT2D eigenvalue weighted by Gasteiger charge is 2.35. The van der Waals surface area contributed by atoms with E-state index in [1.807, 2.05) is 0 Å². The number of piperidine rings is 1. The Kier molecular flexibility index (Phi) is 4.90. The molecule has 0 N–H and O–H groups in total. The Hall–Kier alpha value is -0.540. The Balaban J connectivity index is 1.56. The molecule has 2 nitrogen and oxygen atoms in total. The van der Waals surface area contributed by atoms with Gasteiger partial charge in [0.1, 0.15) is 5.75 Å². The van der Waals surface area contributed by atoms with Gasteiger partial charge in [-0.2, -0.15) is 0 Å². The van der Waals surface area contributed by atoms with E-state index in [-0.39, 0.29) is 0 Å². The minimum absolute atomic E-state index is 0.704. The summed E-state index contributed by atoms with van der Waals surface area (Å²) in [5.41, 5.74) is 2.08. The summed E-state index contributed by atoms with van der Waals surface area (Å²) < 4.78 is 6.36. The van der Waals surface area contributed by atoms with E-state index in [2.05, 4.69) is 39.0 Å². The van der Waals surface area contributed by atoms with Crippen molar-refractivity contribution in [1.82, 2.24) is 4.90 Å². The van der Waals surface area contributed by atoms with Crippen molar-refractivity contribution in [2.24, 2.45) is 5.41 Å². The summed E-state index contributed by atoms with van der Waals surface area (Å²) >= 11 is 3.59. The lowest BCUT2D eigenvalue weighted by Crippen LogP contribution is -2.40. The first-order valence-corrected chi connectivity index (χ1v) is 9.05. The summed E-state index contributed by atoms with van der Waals surface area (Å²) in [5.74, 6) is 0.915. The van der Waals surface area contributed by atoms with Crippen LogP contribution in [0.15, 0.2) is 22.7 Å². The van der Waals surface area contributed by atoms with E-state index in [0.29, 0.717) is 5.41 Å². The molecule has 1 aromatic carbocycles. The molecule has 3 heteroatoms. The third-order valence-corrected chi connectivity index (χ3v) is 6.07. The molecule has 3 rings (SSSR count). The van der Waals surface area contributed by atoms with Crippen molar-refractivity contribution in [3.8, 4) is 5.75 Å². The third-order valence-electron chi connectivity index (χ3n) is 5.45. The van der Waals surface area contributed by atoms with Crippen molar-refractivity contribution in [3.05, 3.63) is 28.2 Å². The highest BCUT2D eigenvalue weighted by Crippen LogP contribution is 2.44. The first kappa shape index (κ1) is 15.4. The van der Waals surface area contributed by atoms with Crippen molar-refractivity contribution < 1.29 is 4.74 Å². The molecule has 0 radical (unpaired) electrons. The van der Waals surface area contributed by atoms with Gasteiger partial charge >= 0.3 is 0 Å². The van der Waals surface area contributed by atoms with Crippen LogP contribution in [-0.2, 0) is 6.54 Å². The lowest BCUT2D eigenvalue weighted by molar-refractivity contribution is 0.0641. The van der Waals surface area contributed by atoms with Gasteiger partial charge in [0.2, 0.25) is 0 Å². The highest BCUT2D eigenvalue weighted by molar-refractivity contribution is 9.10. The maximum Gasteiger partial charge on any atom is 0.133 e. The van der Waals surface area contributed by atoms with Gasteiger partial charge in [-0.15, -0.1) is 0 Å². The highest BCUT2D eigenvalue weighted by atomic mass is 79.9. The summed E-state index contributed by atoms with van der Waals surface area (Å²) in [5, 5.41) is 0. The zero-order valence-electron chi connectivity index (χ0n) is 13.0. The van der Waals surface area contributed by atoms with Crippen LogP contribution in [0.3, 0.4) is 0 Å². The zero-order chi connectivity index (χ0) is 14.7. The Morgan fingerprint density at radius 3 is 2.43 bits per heavy atom. The zero-order valence-corrected chi connectivity index (χ0v) is 14.6. The number of likely N-dealkylation sites (tertiary alicyclic amines) is 1. The van der Waals surface area contributed by atoms with Crippen LogP contribution in [0.1, 0.15) is 50.5 Å². The molecule has 0 amide bonds. The van der Waals surface area contributed by atoms with E-state index in [0.717, 1.165) is 16.8 Å². The van der Waals surface area contributed by atoms with Crippen LogP contribution >= 0.6 is 15.9 Å². The lowest BCUT2D eigenvalue weighted by Gasteiger charge is -2.44. The van der Waals surface area contributed by atoms with Crippen LogP contribution in [0.2, 0.25) is 0 Å². The topological polar surface area (TPSA) is 12.5 Å². The molecular formula is C18H26BrNO. The van der Waals surface area contributed by atoms with E-state index in [1.54, 1.807) is 7.11 Å². The van der Waals surface area contributed by atoms with Gasteiger partial charge < -0.3 is 4.74 Å². The van der Waals surface area contributed by atoms with E-state index in [4.69, 9.17) is 4.74 Å². The monoisotopic (exact) mass is 351 g/mol. The predicted octanol–water partition coefficient (Wildman–Crippen LogP) is 5.00. The van der Waals surface area contributed by atoms with E-state index in [9.17, 15) is 0 Å². The molecule has 0 bridgehead atoms. The number of halogens is 1. The van der Waals surface area contributed by atoms with Gasteiger partial charge in [-0.3, -0.25) is 4.90 Å². The summed E-state index contributed by atoms with van der Waals surface area (Å²) in [6, 6.07) is 6.45. The van der Waals surface area contributed by atoms with Crippen molar-refractivity contribution in [3.63, 3.8) is 0 Å². The largest absolute Gasteiger partial charge is 0.496 e. The van der Waals surface area contributed by atoms with Crippen LogP contribution in [-0.4, -0.2) is 25.1 Å². The van der Waals surface area contributed by atoms with Gasteiger partial charge in [0.25, 0.3) is 0 Å². The van der Waals surface area contributed by atoms with E-state index in [1.165, 1.54) is 63.6 Å². The van der Waals surface area contributed by atoms with Gasteiger partial charge in [-0.05, 0) is 77.8 Å². The quantitative estimate of drug-likeness (QED) is 0.759. The average Bonchev–Trinajstić information content (AvgIpc) is 2.51. The van der Waals surface area contributed by atoms with Crippen molar-refractivity contribution in [2.45, 2.75) is 51.5 Å². The molecule has 1 saturated heterocycles. The molecule has 116 valence electrons. The second-order valence-corrected chi connectivity index (χ2v) is 7.66. The fraction of sp³-hybridized carbons (Fsp3) is 0.667. The molecule has 1 aliphatic carbocycles. The standard InChI is InChI=1S/C18H26BrNO/c1-21-17-6-5-15(13-16(17)19)14-20-11-9-18(10-12-20)7-3-2-4-8-18/h5-6,13H,2-4,7-12,14H2,1H3. The summed E-state index contributed by atoms with van der Waals surface area (Å²) in [6.07, 6.45) is 10.2. The molecule has 1 heterocycles. The van der Waals surface area contributed by atoms with Crippen molar-refractivity contribution in [2.75, 3.05) is 20.2 Å². The summed E-state index contributed by atoms with van der Waals surface area (Å²) in [7, 11) is 1.72. The lowest BCUT2D eigenvalue weighted by atomic mass is 9.68. The fourth-order valence-electron chi connectivity index (χ4n) is 4.05. The van der Waals surface area contributed by atoms with Crippen LogP contribution in [0.4, 0.5) is 0 Å². The maximum atomic E-state index is 5.30. The number of ether oxygens (including phenoxy) is 1. The van der Waals surface area contributed by atoms with Gasteiger partial charge in [-0.25, -0.2) is 0 Å². The molecule has 0 atom stereocenters. The van der Waals surface area contributed by atoms with E-state index >= 15 is 0 Å². The normalized spacial score (nSPS) is 22.4. The van der Waals surface area contributed by atoms with Crippen molar-refractivity contribution >= 4 is 15.9 Å². The molecular weight excluding hydrogens is 326 g/mol. The predicted molar refractivity (Wildman–Crippen MR) is 90.7 cm³/mol. The van der Waals surface area contributed by atoms with E-state index < -0.39 is 0 Å². The second-order valence-electron chi connectivity index (χ2n) is 6.81. The molecule has 0 aromatic heterocycles. The molecule has 2 fully saturated rings. The Labute approximate surface area is 137 Å². The smallest absolute Gasteiger partial charge is 0.133 e. The first-order chi connectivity index (χ1) is 10.2. The van der Waals surface area contributed by atoms with Crippen LogP contribution in [0, 0.1) is 5.41 Å². The fourth-order valence-corrected chi connectivity index (χ4v) is 4.64. The second kappa shape index (κ2) is 6.70. The van der Waals surface area contributed by atoms with Gasteiger partial charge in [0, 0.05) is 6.54 Å². The molecule has 1 spiro atoms. The maximum absolute atomic E-state index is 5.30. The van der Waals surface area contributed by atoms with Crippen LogP contribution < -0.4 is 4.74 Å². The first-order valence-electron chi connectivity index (χ1n) is 8.26. The molecule has 21 heavy (non-hydrogen) atoms. The van der Waals surface area contributed by atoms with Gasteiger partial charge in [0.05, 0.1) is 11.6 Å². The minimum atomic E-state index is 0.704. The number of hydrogen-bond donors (Lipinski definition) is 0. The number of benzene rings is 1. The van der Waals surface area contributed by atoms with Crippen molar-refractivity contribution in [1.29, 1.82) is 0 Å². The van der Waals surface area contributed by atoms with Crippen LogP contribution in [0.5, 0.6) is 5.75 Å². The third kappa shape index (κ3) is 3.62. The molecule has 0 unspecified atom stereocenters. The average molecular weight is 352 g/mol. The molecule has 1 aromatic rings. The SMILES string of the molecule is COc1ccc(CN2CCC3(CCCCC3)CC2)cc1Br. The number of hydrogen-bond acceptors (Lipinski definition) is 2. The molecule has 1 aliphatic heterocycles. The number of rotatable bonds is 3. The molecule has 2 aliphatic rings. The molecule has 1 saturated carbocycles.